The summed E-state index contributed by atoms with van der Waals surface area (Å²) in [5.74, 6) is -0.190. The Bertz CT molecular complexity index is 824. The van der Waals surface area contributed by atoms with Gasteiger partial charge in [0.05, 0.1) is 12.5 Å². The fourth-order valence-corrected chi connectivity index (χ4v) is 3.19. The lowest BCUT2D eigenvalue weighted by Gasteiger charge is -2.19. The van der Waals surface area contributed by atoms with Crippen LogP contribution >= 0.6 is 11.3 Å². The molecule has 0 radical (unpaired) electrons. The highest BCUT2D eigenvalue weighted by Crippen LogP contribution is 2.28. The van der Waals surface area contributed by atoms with Gasteiger partial charge in [-0.3, -0.25) is 4.79 Å². The van der Waals surface area contributed by atoms with Gasteiger partial charge in [0, 0.05) is 42.4 Å². The Morgan fingerprint density at radius 2 is 1.84 bits per heavy atom. The molecule has 0 saturated carbocycles. The van der Waals surface area contributed by atoms with Crippen molar-refractivity contribution in [2.45, 2.75) is 19.3 Å². The van der Waals surface area contributed by atoms with E-state index in [0.29, 0.717) is 0 Å². The molecule has 0 aliphatic heterocycles. The van der Waals surface area contributed by atoms with Gasteiger partial charge in [0.2, 0.25) is 0 Å². The van der Waals surface area contributed by atoms with Crippen LogP contribution in [0.25, 0.3) is 11.0 Å². The molecule has 0 atom stereocenters. The highest BCUT2D eigenvalue weighted by molar-refractivity contribution is 7.10. The lowest BCUT2D eigenvalue weighted by atomic mass is 9.92. The van der Waals surface area contributed by atoms with Crippen LogP contribution in [0.15, 0.2) is 48.1 Å². The number of pyridine rings is 2. The maximum absolute atomic E-state index is 11.3. The Kier molecular flexibility index (Phi) is 6.09. The van der Waals surface area contributed by atoms with Gasteiger partial charge in [-0.05, 0) is 43.5 Å². The van der Waals surface area contributed by atoms with E-state index >= 15 is 0 Å². The van der Waals surface area contributed by atoms with Crippen LogP contribution in [0.1, 0.15) is 18.7 Å². The summed E-state index contributed by atoms with van der Waals surface area (Å²) < 4.78 is 4.71. The van der Waals surface area contributed by atoms with Crippen LogP contribution in [0.2, 0.25) is 0 Å². The van der Waals surface area contributed by atoms with E-state index in [1.807, 2.05) is 63.7 Å². The van der Waals surface area contributed by atoms with E-state index in [1.54, 1.807) is 23.7 Å². The van der Waals surface area contributed by atoms with Crippen molar-refractivity contribution in [3.63, 3.8) is 0 Å². The molecule has 3 rings (SSSR count). The van der Waals surface area contributed by atoms with E-state index in [0.717, 1.165) is 21.6 Å². The van der Waals surface area contributed by atoms with Gasteiger partial charge in [-0.15, -0.1) is 11.3 Å². The number of hydrogen-bond donors (Lipinski definition) is 0. The number of carbonyl (C=O) groups excluding carboxylic acids is 1. The van der Waals surface area contributed by atoms with Crippen molar-refractivity contribution in [2.75, 3.05) is 26.1 Å². The lowest BCUT2D eigenvalue weighted by Crippen LogP contribution is -2.29. The molecule has 0 saturated heterocycles. The number of fused-ring (bicyclic) bond motifs is 1. The fraction of sp³-hybridized carbons (Fsp3) is 0.316. The summed E-state index contributed by atoms with van der Waals surface area (Å²) in [6.07, 6.45) is 3.54. The van der Waals surface area contributed by atoms with Crippen molar-refractivity contribution in [1.82, 2.24) is 9.97 Å². The van der Waals surface area contributed by atoms with Crippen molar-refractivity contribution in [1.29, 1.82) is 0 Å². The van der Waals surface area contributed by atoms with Gasteiger partial charge >= 0.3 is 5.97 Å². The first kappa shape index (κ1) is 18.9. The van der Waals surface area contributed by atoms with E-state index in [1.165, 1.54) is 7.11 Å². The van der Waals surface area contributed by atoms with Crippen LogP contribution in [0.5, 0.6) is 0 Å². The SMILES string of the molecule is CN(C)c1ccnc2ncccc12.COC(=O)C(C)(C)c1cccs1. The molecule has 0 amide bonds. The normalized spacial score (nSPS) is 10.8. The van der Waals surface area contributed by atoms with Gasteiger partial charge in [0.25, 0.3) is 0 Å². The Hall–Kier alpha value is -2.47. The molecule has 0 unspecified atom stereocenters. The number of aromatic nitrogens is 2. The van der Waals surface area contributed by atoms with Crippen LogP contribution in [0.3, 0.4) is 0 Å². The number of hydrogen-bond acceptors (Lipinski definition) is 6. The number of anilines is 1. The Morgan fingerprint density at radius 1 is 1.12 bits per heavy atom. The summed E-state index contributed by atoms with van der Waals surface area (Å²) in [7, 11) is 5.45. The third-order valence-electron chi connectivity index (χ3n) is 3.81. The van der Waals surface area contributed by atoms with Gasteiger partial charge in [-0.2, -0.15) is 0 Å². The van der Waals surface area contributed by atoms with Gasteiger partial charge in [0.15, 0.2) is 5.65 Å². The first-order valence-electron chi connectivity index (χ1n) is 7.87. The van der Waals surface area contributed by atoms with Crippen molar-refractivity contribution in [2.24, 2.45) is 0 Å². The molecule has 6 heteroatoms. The van der Waals surface area contributed by atoms with Crippen LogP contribution in [0, 0.1) is 0 Å². The summed E-state index contributed by atoms with van der Waals surface area (Å²) >= 11 is 1.57. The van der Waals surface area contributed by atoms with E-state index in [4.69, 9.17) is 4.74 Å². The number of carbonyl (C=O) groups is 1. The van der Waals surface area contributed by atoms with Crippen LogP contribution < -0.4 is 4.90 Å². The van der Waals surface area contributed by atoms with Crippen molar-refractivity contribution < 1.29 is 9.53 Å². The minimum Gasteiger partial charge on any atom is -0.468 e. The average Bonchev–Trinajstić information content (AvgIpc) is 3.16. The molecular weight excluding hydrogens is 334 g/mol. The first-order chi connectivity index (χ1) is 11.9. The molecule has 0 fully saturated rings. The molecular formula is C19H23N3O2S. The zero-order valence-corrected chi connectivity index (χ0v) is 16.0. The Balaban J connectivity index is 0.000000181. The highest BCUT2D eigenvalue weighted by Gasteiger charge is 2.31. The van der Waals surface area contributed by atoms with Crippen LogP contribution in [0.4, 0.5) is 5.69 Å². The number of nitrogens with zero attached hydrogens (tertiary/aromatic N) is 3. The molecule has 3 aromatic heterocycles. The largest absolute Gasteiger partial charge is 0.468 e. The second kappa shape index (κ2) is 8.07. The third-order valence-corrected chi connectivity index (χ3v) is 5.00. The Labute approximate surface area is 152 Å². The van der Waals surface area contributed by atoms with Crippen molar-refractivity contribution in [3.8, 4) is 0 Å². The molecule has 0 spiro atoms. The second-order valence-corrected chi connectivity index (χ2v) is 7.14. The predicted molar refractivity (Wildman–Crippen MR) is 103 cm³/mol. The minimum absolute atomic E-state index is 0.190. The maximum atomic E-state index is 11.3. The zero-order valence-electron chi connectivity index (χ0n) is 15.2. The monoisotopic (exact) mass is 357 g/mol. The number of esters is 1. The quantitative estimate of drug-likeness (QED) is 0.666. The van der Waals surface area contributed by atoms with E-state index < -0.39 is 5.41 Å². The van der Waals surface area contributed by atoms with E-state index in [9.17, 15) is 4.79 Å². The molecule has 132 valence electrons. The van der Waals surface area contributed by atoms with Gasteiger partial charge in [-0.1, -0.05) is 6.07 Å². The van der Waals surface area contributed by atoms with Gasteiger partial charge < -0.3 is 9.64 Å². The molecule has 5 nitrogen and oxygen atoms in total. The number of methoxy groups -OCH3 is 1. The highest BCUT2D eigenvalue weighted by atomic mass is 32.1. The average molecular weight is 357 g/mol. The van der Waals surface area contributed by atoms with E-state index in [-0.39, 0.29) is 5.97 Å². The molecule has 0 aliphatic rings. The fourth-order valence-electron chi connectivity index (χ4n) is 2.35. The standard InChI is InChI=1S/C10H11N3.C9H12O2S/c1-13(2)9-5-7-12-10-8(9)4-3-6-11-10;1-9(2,8(10)11-3)7-5-4-6-12-7/h3-7H,1-2H3;4-6H,1-3H3. The van der Waals surface area contributed by atoms with Crippen LogP contribution in [-0.4, -0.2) is 37.1 Å². The number of thiophene rings is 1. The molecule has 3 heterocycles. The maximum Gasteiger partial charge on any atom is 0.316 e. The summed E-state index contributed by atoms with van der Waals surface area (Å²) in [6, 6.07) is 9.83. The smallest absolute Gasteiger partial charge is 0.316 e. The van der Waals surface area contributed by atoms with Crippen LogP contribution in [-0.2, 0) is 14.9 Å². The molecule has 0 N–H and O–H groups in total. The molecule has 3 aromatic rings. The van der Waals surface area contributed by atoms with Crippen molar-refractivity contribution in [3.05, 3.63) is 53.0 Å². The molecule has 0 aliphatic carbocycles. The zero-order chi connectivity index (χ0) is 18.4. The lowest BCUT2D eigenvalue weighted by molar-refractivity contribution is -0.146. The Morgan fingerprint density at radius 3 is 2.44 bits per heavy atom. The summed E-state index contributed by atoms with van der Waals surface area (Å²) in [4.78, 5) is 22.8. The third kappa shape index (κ3) is 4.33. The summed E-state index contributed by atoms with van der Waals surface area (Å²) in [5, 5.41) is 3.05. The molecule has 25 heavy (non-hydrogen) atoms. The molecule has 0 bridgehead atoms. The number of ether oxygens (including phenoxy) is 1. The number of rotatable bonds is 3. The van der Waals surface area contributed by atoms with E-state index in [2.05, 4.69) is 14.9 Å². The molecule has 0 aromatic carbocycles. The minimum atomic E-state index is -0.511. The van der Waals surface area contributed by atoms with Crippen molar-refractivity contribution >= 4 is 34.0 Å². The van der Waals surface area contributed by atoms with Gasteiger partial charge in [-0.25, -0.2) is 9.97 Å². The van der Waals surface area contributed by atoms with Gasteiger partial charge in [0.1, 0.15) is 0 Å². The summed E-state index contributed by atoms with van der Waals surface area (Å²) in [5.41, 5.74) is 1.44. The topological polar surface area (TPSA) is 55.3 Å². The second-order valence-electron chi connectivity index (χ2n) is 6.19. The predicted octanol–water partition coefficient (Wildman–Crippen LogP) is 3.89. The first-order valence-corrected chi connectivity index (χ1v) is 8.75. The summed E-state index contributed by atoms with van der Waals surface area (Å²) in [6.45, 7) is 3.73.